The summed E-state index contributed by atoms with van der Waals surface area (Å²) in [5, 5.41) is 0. The number of aromatic nitrogens is 2. The van der Waals surface area contributed by atoms with E-state index >= 15 is 0 Å². The third kappa shape index (κ3) is 3.34. The maximum absolute atomic E-state index is 5.90. The first-order valence-electron chi connectivity index (χ1n) is 7.14. The van der Waals surface area contributed by atoms with E-state index in [0.717, 1.165) is 31.0 Å². The molecule has 1 heterocycles. The predicted molar refractivity (Wildman–Crippen MR) is 75.7 cm³/mol. The lowest BCUT2D eigenvalue weighted by molar-refractivity contribution is 0.698. The molecule has 4 heteroatoms. The normalized spacial score (nSPS) is 14.8. The van der Waals surface area contributed by atoms with E-state index in [9.17, 15) is 0 Å². The van der Waals surface area contributed by atoms with Gasteiger partial charge in [0.2, 0.25) is 0 Å². The Morgan fingerprint density at radius 3 is 2.67 bits per heavy atom. The number of nitrogens with zero attached hydrogens (tertiary/aromatic N) is 3. The number of hydrogen-bond donors (Lipinski definition) is 1. The maximum atomic E-state index is 5.90. The third-order valence-corrected chi connectivity index (χ3v) is 3.29. The smallest absolute Gasteiger partial charge is 0.134 e. The number of rotatable bonds is 7. The first-order chi connectivity index (χ1) is 8.74. The fraction of sp³-hybridized carbons (Fsp3) is 0.714. The van der Waals surface area contributed by atoms with Crippen molar-refractivity contribution in [2.75, 3.05) is 17.2 Å². The second kappa shape index (κ2) is 6.03. The summed E-state index contributed by atoms with van der Waals surface area (Å²) in [5.41, 5.74) is 5.90. The number of hydrogen-bond acceptors (Lipinski definition) is 4. The SMILES string of the molecule is CCCCN(c1cc(N)nc(CCC)n1)C1CC1. The minimum atomic E-state index is 0.602. The van der Waals surface area contributed by atoms with Crippen molar-refractivity contribution in [3.8, 4) is 0 Å². The van der Waals surface area contributed by atoms with Gasteiger partial charge in [-0.15, -0.1) is 0 Å². The van der Waals surface area contributed by atoms with Gasteiger partial charge in [-0.3, -0.25) is 0 Å². The van der Waals surface area contributed by atoms with Crippen molar-refractivity contribution in [3.05, 3.63) is 11.9 Å². The van der Waals surface area contributed by atoms with Crippen LogP contribution in [-0.2, 0) is 6.42 Å². The van der Waals surface area contributed by atoms with Gasteiger partial charge in [0.05, 0.1) is 0 Å². The molecule has 18 heavy (non-hydrogen) atoms. The monoisotopic (exact) mass is 248 g/mol. The molecule has 0 atom stereocenters. The molecule has 1 aromatic heterocycles. The molecule has 1 aliphatic rings. The summed E-state index contributed by atoms with van der Waals surface area (Å²) in [6.45, 7) is 5.45. The van der Waals surface area contributed by atoms with Crippen LogP contribution in [0.25, 0.3) is 0 Å². The molecular weight excluding hydrogens is 224 g/mol. The Bertz CT molecular complexity index is 387. The minimum Gasteiger partial charge on any atom is -0.384 e. The van der Waals surface area contributed by atoms with Crippen molar-refractivity contribution in [2.24, 2.45) is 0 Å². The number of nitrogen functional groups attached to an aromatic ring is 1. The number of aryl methyl sites for hydroxylation is 1. The Kier molecular flexibility index (Phi) is 4.39. The average molecular weight is 248 g/mol. The van der Waals surface area contributed by atoms with Crippen molar-refractivity contribution in [1.29, 1.82) is 0 Å². The molecule has 1 fully saturated rings. The van der Waals surface area contributed by atoms with E-state index in [1.807, 2.05) is 6.07 Å². The van der Waals surface area contributed by atoms with Gasteiger partial charge in [-0.1, -0.05) is 20.3 Å². The molecule has 100 valence electrons. The molecular formula is C14H24N4. The van der Waals surface area contributed by atoms with Crippen molar-refractivity contribution in [3.63, 3.8) is 0 Å². The van der Waals surface area contributed by atoms with E-state index < -0.39 is 0 Å². The van der Waals surface area contributed by atoms with Crippen molar-refractivity contribution in [1.82, 2.24) is 9.97 Å². The number of anilines is 2. The van der Waals surface area contributed by atoms with Crippen molar-refractivity contribution < 1.29 is 0 Å². The van der Waals surface area contributed by atoms with Crippen LogP contribution in [0.1, 0.15) is 51.8 Å². The van der Waals surface area contributed by atoms with Gasteiger partial charge in [0.25, 0.3) is 0 Å². The fourth-order valence-electron chi connectivity index (χ4n) is 2.18. The van der Waals surface area contributed by atoms with E-state index in [2.05, 4.69) is 28.7 Å². The van der Waals surface area contributed by atoms with Crippen LogP contribution in [-0.4, -0.2) is 22.6 Å². The molecule has 0 aliphatic heterocycles. The summed E-state index contributed by atoms with van der Waals surface area (Å²) < 4.78 is 0. The summed E-state index contributed by atoms with van der Waals surface area (Å²) >= 11 is 0. The summed E-state index contributed by atoms with van der Waals surface area (Å²) in [7, 11) is 0. The van der Waals surface area contributed by atoms with Gasteiger partial charge >= 0.3 is 0 Å². The molecule has 0 radical (unpaired) electrons. The van der Waals surface area contributed by atoms with Gasteiger partial charge in [0.1, 0.15) is 17.5 Å². The van der Waals surface area contributed by atoms with Crippen LogP contribution >= 0.6 is 0 Å². The van der Waals surface area contributed by atoms with Gasteiger partial charge in [-0.25, -0.2) is 9.97 Å². The topological polar surface area (TPSA) is 55.0 Å². The Balaban J connectivity index is 2.17. The van der Waals surface area contributed by atoms with Gasteiger partial charge in [0.15, 0.2) is 0 Å². The fourth-order valence-corrected chi connectivity index (χ4v) is 2.18. The molecule has 0 saturated heterocycles. The van der Waals surface area contributed by atoms with Crippen LogP contribution in [0.3, 0.4) is 0 Å². The minimum absolute atomic E-state index is 0.602. The van der Waals surface area contributed by atoms with Gasteiger partial charge < -0.3 is 10.6 Å². The zero-order valence-corrected chi connectivity index (χ0v) is 11.5. The van der Waals surface area contributed by atoms with Crippen LogP contribution in [0.5, 0.6) is 0 Å². The van der Waals surface area contributed by atoms with Gasteiger partial charge in [0, 0.05) is 25.1 Å². The van der Waals surface area contributed by atoms with Crippen LogP contribution in [0.4, 0.5) is 11.6 Å². The first-order valence-corrected chi connectivity index (χ1v) is 7.14. The molecule has 0 spiro atoms. The molecule has 1 saturated carbocycles. The molecule has 1 aliphatic carbocycles. The van der Waals surface area contributed by atoms with Crippen molar-refractivity contribution in [2.45, 2.75) is 58.4 Å². The lowest BCUT2D eigenvalue weighted by Gasteiger charge is -2.23. The summed E-state index contributed by atoms with van der Waals surface area (Å²) in [6.07, 6.45) is 6.97. The van der Waals surface area contributed by atoms with E-state index in [1.54, 1.807) is 0 Å². The molecule has 2 rings (SSSR count). The highest BCUT2D eigenvalue weighted by molar-refractivity contribution is 5.48. The van der Waals surface area contributed by atoms with Crippen molar-refractivity contribution >= 4 is 11.6 Å². The molecule has 2 N–H and O–H groups in total. The molecule has 0 aromatic carbocycles. The zero-order valence-electron chi connectivity index (χ0n) is 11.5. The molecule has 1 aromatic rings. The highest BCUT2D eigenvalue weighted by atomic mass is 15.2. The molecule has 4 nitrogen and oxygen atoms in total. The van der Waals surface area contributed by atoms with Crippen LogP contribution in [0.2, 0.25) is 0 Å². The van der Waals surface area contributed by atoms with Crippen LogP contribution in [0.15, 0.2) is 6.07 Å². The highest BCUT2D eigenvalue weighted by Crippen LogP contribution is 2.31. The van der Waals surface area contributed by atoms with E-state index in [0.29, 0.717) is 11.9 Å². The lowest BCUT2D eigenvalue weighted by Crippen LogP contribution is -2.28. The molecule has 0 bridgehead atoms. The van der Waals surface area contributed by atoms with Crippen LogP contribution in [0, 0.1) is 0 Å². The first kappa shape index (κ1) is 13.1. The third-order valence-electron chi connectivity index (χ3n) is 3.29. The molecule has 0 unspecified atom stereocenters. The Morgan fingerprint density at radius 1 is 1.28 bits per heavy atom. The van der Waals surface area contributed by atoms with Gasteiger partial charge in [-0.2, -0.15) is 0 Å². The Morgan fingerprint density at radius 2 is 2.06 bits per heavy atom. The number of unbranched alkanes of at least 4 members (excludes halogenated alkanes) is 1. The Hall–Kier alpha value is -1.32. The summed E-state index contributed by atoms with van der Waals surface area (Å²) in [5.74, 6) is 2.52. The van der Waals surface area contributed by atoms with Gasteiger partial charge in [-0.05, 0) is 25.7 Å². The van der Waals surface area contributed by atoms with Crippen LogP contribution < -0.4 is 10.6 Å². The second-order valence-corrected chi connectivity index (χ2v) is 5.10. The number of nitrogens with two attached hydrogens (primary N) is 1. The highest BCUT2D eigenvalue weighted by Gasteiger charge is 2.29. The van der Waals surface area contributed by atoms with E-state index in [4.69, 9.17) is 5.73 Å². The molecule has 0 amide bonds. The standard InChI is InChI=1S/C14H24N4/c1-3-5-9-18(11-7-8-11)14-10-12(15)16-13(17-14)6-4-2/h10-11H,3-9H2,1-2H3,(H2,15,16,17). The predicted octanol–water partition coefficient (Wildman–Crippen LogP) is 2.78. The second-order valence-electron chi connectivity index (χ2n) is 5.10. The largest absolute Gasteiger partial charge is 0.384 e. The summed E-state index contributed by atoms with van der Waals surface area (Å²) in [4.78, 5) is 11.4. The lowest BCUT2D eigenvalue weighted by atomic mass is 10.3. The Labute approximate surface area is 110 Å². The zero-order chi connectivity index (χ0) is 13.0. The van der Waals surface area contributed by atoms with E-state index in [-0.39, 0.29) is 0 Å². The quantitative estimate of drug-likeness (QED) is 0.806. The summed E-state index contributed by atoms with van der Waals surface area (Å²) in [6, 6.07) is 2.60. The average Bonchev–Trinajstić information content (AvgIpc) is 3.14. The van der Waals surface area contributed by atoms with E-state index in [1.165, 1.54) is 25.7 Å². The maximum Gasteiger partial charge on any atom is 0.134 e.